The zero-order valence-corrected chi connectivity index (χ0v) is 20.8. The summed E-state index contributed by atoms with van der Waals surface area (Å²) in [4.78, 5) is 0. The third kappa shape index (κ3) is 2.72. The van der Waals surface area contributed by atoms with Crippen molar-refractivity contribution in [2.45, 2.75) is 58.8 Å². The smallest absolute Gasteiger partial charge is 0.224 e. The van der Waals surface area contributed by atoms with Crippen LogP contribution in [0, 0.1) is 12.8 Å². The van der Waals surface area contributed by atoms with Gasteiger partial charge in [-0.1, -0.05) is 69.9 Å². The first kappa shape index (κ1) is 20.3. The molecule has 1 aliphatic rings. The standard InChI is InChI=1S/C32H33N2/c1-19(2)23-10-12-25-26-11-9-20(3)29-31(26)34(27(25)18-23)28-17-22(15-21-7-5-6-8-21)16-24-13-14-33(4)32(29)30(24)28/h9-14,16-19,21H,5-8,15H2,1-4H3/q+1. The maximum Gasteiger partial charge on any atom is 0.224 e. The van der Waals surface area contributed by atoms with Crippen LogP contribution in [0.25, 0.3) is 49.0 Å². The largest absolute Gasteiger partial charge is 0.307 e. The van der Waals surface area contributed by atoms with Gasteiger partial charge in [-0.05, 0) is 59.4 Å². The van der Waals surface area contributed by atoms with E-state index in [0.29, 0.717) is 5.92 Å². The summed E-state index contributed by atoms with van der Waals surface area (Å²) in [5.41, 5.74) is 9.73. The molecule has 2 heteroatoms. The molecular weight excluding hydrogens is 412 g/mol. The van der Waals surface area contributed by atoms with E-state index in [9.17, 15) is 0 Å². The fourth-order valence-corrected chi connectivity index (χ4v) is 6.82. The Labute approximate surface area is 201 Å². The second-order valence-corrected chi connectivity index (χ2v) is 11.1. The summed E-state index contributed by atoms with van der Waals surface area (Å²) in [5.74, 6) is 1.36. The van der Waals surface area contributed by atoms with Crippen LogP contribution in [-0.2, 0) is 13.5 Å². The highest BCUT2D eigenvalue weighted by atomic mass is 15.0. The lowest BCUT2D eigenvalue weighted by molar-refractivity contribution is -0.643. The van der Waals surface area contributed by atoms with Gasteiger partial charge in [0, 0.05) is 16.8 Å². The highest BCUT2D eigenvalue weighted by molar-refractivity contribution is 6.25. The molecule has 1 aliphatic carbocycles. The molecule has 1 saturated carbocycles. The minimum absolute atomic E-state index is 0.513. The molecular formula is C32H33N2+. The number of hydrogen-bond acceptors (Lipinski definition) is 0. The zero-order valence-electron chi connectivity index (χ0n) is 20.8. The number of rotatable bonds is 3. The van der Waals surface area contributed by atoms with Crippen LogP contribution in [0.1, 0.15) is 62.1 Å². The van der Waals surface area contributed by atoms with Crippen molar-refractivity contribution in [1.82, 2.24) is 4.40 Å². The van der Waals surface area contributed by atoms with Gasteiger partial charge in [-0.2, -0.15) is 0 Å². The highest BCUT2D eigenvalue weighted by Gasteiger charge is 2.25. The van der Waals surface area contributed by atoms with Gasteiger partial charge >= 0.3 is 0 Å². The quantitative estimate of drug-likeness (QED) is 0.148. The van der Waals surface area contributed by atoms with E-state index < -0.39 is 0 Å². The summed E-state index contributed by atoms with van der Waals surface area (Å²) in [7, 11) is 2.21. The van der Waals surface area contributed by atoms with Gasteiger partial charge in [-0.15, -0.1) is 0 Å². The first-order valence-corrected chi connectivity index (χ1v) is 13.0. The molecule has 170 valence electrons. The molecule has 3 aromatic heterocycles. The van der Waals surface area contributed by atoms with Gasteiger partial charge in [0.25, 0.3) is 0 Å². The average molecular weight is 446 g/mol. The topological polar surface area (TPSA) is 8.29 Å². The molecule has 0 N–H and O–H groups in total. The number of pyridine rings is 2. The highest BCUT2D eigenvalue weighted by Crippen LogP contribution is 2.42. The second kappa shape index (κ2) is 7.18. The lowest BCUT2D eigenvalue weighted by atomic mass is 9.94. The van der Waals surface area contributed by atoms with Gasteiger partial charge < -0.3 is 4.40 Å². The number of fused-ring (bicyclic) bond motifs is 5. The number of aromatic nitrogens is 2. The average Bonchev–Trinajstić information content (AvgIpc) is 3.45. The second-order valence-electron chi connectivity index (χ2n) is 11.1. The summed E-state index contributed by atoms with van der Waals surface area (Å²) in [6.07, 6.45) is 9.04. The molecule has 0 spiro atoms. The van der Waals surface area contributed by atoms with Gasteiger partial charge in [0.2, 0.25) is 5.52 Å². The maximum atomic E-state index is 2.60. The third-order valence-corrected chi connectivity index (χ3v) is 8.58. The van der Waals surface area contributed by atoms with Crippen molar-refractivity contribution in [2.75, 3.05) is 0 Å². The van der Waals surface area contributed by atoms with Crippen LogP contribution in [0.3, 0.4) is 0 Å². The van der Waals surface area contributed by atoms with Gasteiger partial charge in [0.15, 0.2) is 6.20 Å². The van der Waals surface area contributed by atoms with E-state index in [1.807, 2.05) is 0 Å². The predicted molar refractivity (Wildman–Crippen MR) is 144 cm³/mol. The van der Waals surface area contributed by atoms with Crippen LogP contribution in [-0.4, -0.2) is 4.40 Å². The molecule has 1 fully saturated rings. The molecule has 0 atom stereocenters. The number of nitrogens with zero attached hydrogens (tertiary/aromatic N) is 2. The van der Waals surface area contributed by atoms with Crippen molar-refractivity contribution < 1.29 is 4.57 Å². The van der Waals surface area contributed by atoms with Crippen LogP contribution in [0.2, 0.25) is 0 Å². The van der Waals surface area contributed by atoms with Crippen LogP contribution in [0.15, 0.2) is 54.7 Å². The molecule has 0 radical (unpaired) electrons. The molecule has 3 heterocycles. The molecule has 0 unspecified atom stereocenters. The summed E-state index contributed by atoms with van der Waals surface area (Å²) in [5, 5.41) is 6.90. The van der Waals surface area contributed by atoms with Crippen molar-refractivity contribution in [2.24, 2.45) is 13.0 Å². The Morgan fingerprint density at radius 2 is 1.71 bits per heavy atom. The number of aryl methyl sites for hydroxylation is 2. The van der Waals surface area contributed by atoms with Gasteiger partial charge in [0.05, 0.1) is 27.3 Å². The molecule has 6 aromatic rings. The molecule has 0 aliphatic heterocycles. The number of hydrogen-bond donors (Lipinski definition) is 0. The summed E-state index contributed by atoms with van der Waals surface area (Å²) < 4.78 is 4.94. The van der Waals surface area contributed by atoms with Crippen molar-refractivity contribution in [1.29, 1.82) is 0 Å². The van der Waals surface area contributed by atoms with E-state index >= 15 is 0 Å². The lowest BCUT2D eigenvalue weighted by Gasteiger charge is -2.16. The zero-order chi connectivity index (χ0) is 23.1. The Morgan fingerprint density at radius 3 is 2.50 bits per heavy atom. The van der Waals surface area contributed by atoms with Crippen molar-refractivity contribution in [3.05, 3.63) is 71.4 Å². The molecule has 0 bridgehead atoms. The van der Waals surface area contributed by atoms with E-state index in [-0.39, 0.29) is 0 Å². The summed E-state index contributed by atoms with van der Waals surface area (Å²) in [6, 6.07) is 19.1. The van der Waals surface area contributed by atoms with E-state index in [1.165, 1.54) is 97.8 Å². The molecule has 3 aromatic carbocycles. The molecule has 0 saturated heterocycles. The monoisotopic (exact) mass is 445 g/mol. The SMILES string of the molecule is Cc1ccc2c3ccc(C(C)C)cc3n3c4cc(CC5CCCC5)cc5cc[n+](C)c(c1c23)c54. The summed E-state index contributed by atoms with van der Waals surface area (Å²) in [6.45, 7) is 6.87. The Morgan fingerprint density at radius 1 is 0.912 bits per heavy atom. The van der Waals surface area contributed by atoms with Crippen molar-refractivity contribution in [3.63, 3.8) is 0 Å². The fourth-order valence-electron chi connectivity index (χ4n) is 6.82. The van der Waals surface area contributed by atoms with E-state index in [0.717, 1.165) is 5.92 Å². The Balaban J connectivity index is 1.71. The Hall–Kier alpha value is -3.13. The lowest BCUT2D eigenvalue weighted by Crippen LogP contribution is -2.29. The van der Waals surface area contributed by atoms with Gasteiger partial charge in [-0.3, -0.25) is 0 Å². The first-order valence-electron chi connectivity index (χ1n) is 13.0. The Kier molecular flexibility index (Phi) is 4.28. The fraction of sp³-hybridized carbons (Fsp3) is 0.344. The predicted octanol–water partition coefficient (Wildman–Crippen LogP) is 7.98. The molecule has 2 nitrogen and oxygen atoms in total. The van der Waals surface area contributed by atoms with E-state index in [1.54, 1.807) is 0 Å². The minimum Gasteiger partial charge on any atom is -0.307 e. The molecule has 7 rings (SSSR count). The summed E-state index contributed by atoms with van der Waals surface area (Å²) >= 11 is 0. The van der Waals surface area contributed by atoms with Crippen LogP contribution in [0.5, 0.6) is 0 Å². The minimum atomic E-state index is 0.513. The molecule has 0 amide bonds. The van der Waals surface area contributed by atoms with Crippen molar-refractivity contribution >= 4 is 49.0 Å². The third-order valence-electron chi connectivity index (χ3n) is 8.58. The van der Waals surface area contributed by atoms with Crippen LogP contribution in [0.4, 0.5) is 0 Å². The first-order chi connectivity index (χ1) is 16.5. The van der Waals surface area contributed by atoms with Crippen LogP contribution < -0.4 is 4.57 Å². The Bertz CT molecular complexity index is 1730. The molecule has 34 heavy (non-hydrogen) atoms. The number of benzene rings is 3. The van der Waals surface area contributed by atoms with Gasteiger partial charge in [-0.25, -0.2) is 4.57 Å². The normalized spacial score (nSPS) is 15.4. The maximum absolute atomic E-state index is 2.60. The van der Waals surface area contributed by atoms with Crippen LogP contribution >= 0.6 is 0 Å². The van der Waals surface area contributed by atoms with E-state index in [4.69, 9.17) is 0 Å². The van der Waals surface area contributed by atoms with Crippen molar-refractivity contribution in [3.8, 4) is 0 Å². The van der Waals surface area contributed by atoms with Gasteiger partial charge in [0.1, 0.15) is 7.05 Å². The van der Waals surface area contributed by atoms with E-state index in [2.05, 4.69) is 91.5 Å².